The molecule has 0 saturated carbocycles. The van der Waals surface area contributed by atoms with Crippen LogP contribution in [0.5, 0.6) is 5.75 Å². The fourth-order valence-corrected chi connectivity index (χ4v) is 4.23. The van der Waals surface area contributed by atoms with Gasteiger partial charge < -0.3 is 20.0 Å². The van der Waals surface area contributed by atoms with E-state index < -0.39 is 21.9 Å². The van der Waals surface area contributed by atoms with Crippen molar-refractivity contribution in [1.82, 2.24) is 0 Å². The van der Waals surface area contributed by atoms with Crippen molar-refractivity contribution in [1.29, 1.82) is 0 Å². The van der Waals surface area contributed by atoms with Gasteiger partial charge in [-0.2, -0.15) is 0 Å². The van der Waals surface area contributed by atoms with E-state index >= 15 is 0 Å². The maximum Gasteiger partial charge on any atom is 0.262 e. The summed E-state index contributed by atoms with van der Waals surface area (Å²) < 4.78 is 33.6. The fourth-order valence-electron chi connectivity index (χ4n) is 2.89. The minimum absolute atomic E-state index is 0.0745. The number of methoxy groups -OCH3 is 1. The average molecular weight is 439 g/mol. The molecule has 0 radical (unpaired) electrons. The summed E-state index contributed by atoms with van der Waals surface area (Å²) in [4.78, 5) is 23.6. The number of carbonyl (C=O) groups excluding carboxylic acids is 2. The number of ether oxygens (including phenoxy) is 1. The van der Waals surface area contributed by atoms with Crippen molar-refractivity contribution >= 4 is 33.3 Å². The van der Waals surface area contributed by atoms with Crippen molar-refractivity contribution in [3.63, 3.8) is 0 Å². The Morgan fingerprint density at radius 1 is 0.935 bits per heavy atom. The Labute approximate surface area is 179 Å². The van der Waals surface area contributed by atoms with Gasteiger partial charge in [-0.1, -0.05) is 30.3 Å². The zero-order valence-corrected chi connectivity index (χ0v) is 17.5. The van der Waals surface area contributed by atoms with Crippen LogP contribution in [0.25, 0.3) is 0 Å². The van der Waals surface area contributed by atoms with Crippen LogP contribution in [0.2, 0.25) is 0 Å². The topological polar surface area (TPSA) is 125 Å². The molecule has 1 amide bonds. The lowest BCUT2D eigenvalue weighted by Gasteiger charge is -2.14. The number of aryl methyl sites for hydroxylation is 1. The van der Waals surface area contributed by atoms with Gasteiger partial charge in [-0.3, -0.25) is 9.52 Å². The number of carboxylic acid groups (broad SMARTS) is 1. The van der Waals surface area contributed by atoms with Crippen LogP contribution in [-0.4, -0.2) is 27.4 Å². The Hall–Kier alpha value is -3.85. The number of rotatable bonds is 7. The van der Waals surface area contributed by atoms with Gasteiger partial charge >= 0.3 is 0 Å². The quantitative estimate of drug-likeness (QED) is 0.583. The van der Waals surface area contributed by atoms with Gasteiger partial charge in [0.15, 0.2) is 0 Å². The Morgan fingerprint density at radius 2 is 1.68 bits per heavy atom. The SMILES string of the molecule is COc1ccccc1NS(=O)(=O)c1cc(C(=O)Nc2cccc(C(=O)[O-])c2)ccc1C. The third kappa shape index (κ3) is 5.01. The number of hydrogen-bond donors (Lipinski definition) is 2. The molecule has 0 fully saturated rings. The molecule has 160 valence electrons. The number of carboxylic acids is 1. The Bertz CT molecular complexity index is 1250. The Morgan fingerprint density at radius 3 is 2.39 bits per heavy atom. The van der Waals surface area contributed by atoms with Gasteiger partial charge in [0.1, 0.15) is 5.75 Å². The van der Waals surface area contributed by atoms with E-state index in [0.717, 1.165) is 0 Å². The molecule has 0 atom stereocenters. The maximum absolute atomic E-state index is 13.0. The molecule has 0 aliphatic heterocycles. The summed E-state index contributed by atoms with van der Waals surface area (Å²) >= 11 is 0. The molecule has 0 unspecified atom stereocenters. The van der Waals surface area contributed by atoms with Crippen LogP contribution in [0.3, 0.4) is 0 Å². The molecule has 3 rings (SSSR count). The van der Waals surface area contributed by atoms with Crippen molar-refractivity contribution in [3.8, 4) is 5.75 Å². The molecule has 0 spiro atoms. The molecule has 8 nitrogen and oxygen atoms in total. The first-order valence-electron chi connectivity index (χ1n) is 9.10. The molecule has 3 aromatic rings. The summed E-state index contributed by atoms with van der Waals surface area (Å²) in [6.45, 7) is 1.61. The van der Waals surface area contributed by atoms with E-state index in [2.05, 4.69) is 10.0 Å². The summed E-state index contributed by atoms with van der Waals surface area (Å²) in [5, 5.41) is 13.5. The van der Waals surface area contributed by atoms with Crippen molar-refractivity contribution in [2.75, 3.05) is 17.1 Å². The summed E-state index contributed by atoms with van der Waals surface area (Å²) in [7, 11) is -2.59. The number of sulfonamides is 1. The Balaban J connectivity index is 1.89. The highest BCUT2D eigenvalue weighted by Gasteiger charge is 2.21. The summed E-state index contributed by atoms with van der Waals surface area (Å²) in [5.74, 6) is -1.61. The number of aromatic carboxylic acids is 1. The highest BCUT2D eigenvalue weighted by molar-refractivity contribution is 7.92. The predicted octanol–water partition coefficient (Wildman–Crippen LogP) is 2.42. The lowest BCUT2D eigenvalue weighted by molar-refractivity contribution is -0.255. The first kappa shape index (κ1) is 21.8. The number of hydrogen-bond acceptors (Lipinski definition) is 6. The lowest BCUT2D eigenvalue weighted by Crippen LogP contribution is -2.22. The van der Waals surface area contributed by atoms with Crippen LogP contribution in [0.15, 0.2) is 71.6 Å². The monoisotopic (exact) mass is 439 g/mol. The average Bonchev–Trinajstić information content (AvgIpc) is 2.74. The van der Waals surface area contributed by atoms with E-state index in [1.54, 1.807) is 31.2 Å². The molecule has 0 heterocycles. The highest BCUT2D eigenvalue weighted by atomic mass is 32.2. The van der Waals surface area contributed by atoms with Gasteiger partial charge in [0.2, 0.25) is 0 Å². The van der Waals surface area contributed by atoms with Crippen LogP contribution >= 0.6 is 0 Å². The number of benzene rings is 3. The third-order valence-electron chi connectivity index (χ3n) is 4.45. The van der Waals surface area contributed by atoms with Gasteiger partial charge in [0, 0.05) is 11.3 Å². The third-order valence-corrected chi connectivity index (χ3v) is 5.95. The molecule has 3 aromatic carbocycles. The Kier molecular flexibility index (Phi) is 6.26. The van der Waals surface area contributed by atoms with E-state index in [9.17, 15) is 23.1 Å². The number of amides is 1. The van der Waals surface area contributed by atoms with Crippen LogP contribution in [0.1, 0.15) is 26.3 Å². The zero-order chi connectivity index (χ0) is 22.6. The molecular formula is C22H19N2O6S-. The van der Waals surface area contributed by atoms with Crippen LogP contribution in [0.4, 0.5) is 11.4 Å². The minimum Gasteiger partial charge on any atom is -0.545 e. The fraction of sp³-hybridized carbons (Fsp3) is 0.0909. The molecule has 2 N–H and O–H groups in total. The van der Waals surface area contributed by atoms with Crippen molar-refractivity contribution in [3.05, 3.63) is 83.4 Å². The number of anilines is 2. The van der Waals surface area contributed by atoms with Crippen molar-refractivity contribution < 1.29 is 27.9 Å². The normalized spacial score (nSPS) is 10.9. The second-order valence-electron chi connectivity index (χ2n) is 6.61. The minimum atomic E-state index is -4.02. The molecule has 0 bridgehead atoms. The lowest BCUT2D eigenvalue weighted by atomic mass is 10.1. The van der Waals surface area contributed by atoms with Gasteiger partial charge in [0.05, 0.1) is 23.7 Å². The van der Waals surface area contributed by atoms with E-state index in [-0.39, 0.29) is 27.4 Å². The molecule has 9 heteroatoms. The summed E-state index contributed by atoms with van der Waals surface area (Å²) in [6.07, 6.45) is 0. The second-order valence-corrected chi connectivity index (χ2v) is 8.26. The molecule has 0 aliphatic carbocycles. The first-order chi connectivity index (χ1) is 14.7. The molecule has 0 saturated heterocycles. The van der Waals surface area contributed by atoms with Crippen LogP contribution in [0, 0.1) is 6.92 Å². The summed E-state index contributed by atoms with van der Waals surface area (Å²) in [6, 6.07) is 16.4. The standard InChI is InChI=1S/C22H20N2O6S/c1-14-10-11-15(21(25)23-17-7-5-6-16(12-17)22(26)27)13-20(14)31(28,29)24-18-8-3-4-9-19(18)30-2/h3-13,24H,1-2H3,(H,23,25)(H,26,27)/p-1. The van der Waals surface area contributed by atoms with E-state index in [1.165, 1.54) is 49.6 Å². The van der Waals surface area contributed by atoms with E-state index in [0.29, 0.717) is 11.3 Å². The zero-order valence-electron chi connectivity index (χ0n) is 16.7. The number of para-hydroxylation sites is 2. The molecular weight excluding hydrogens is 420 g/mol. The van der Waals surface area contributed by atoms with Crippen LogP contribution < -0.4 is 19.9 Å². The molecule has 0 aliphatic rings. The van der Waals surface area contributed by atoms with Crippen LogP contribution in [-0.2, 0) is 10.0 Å². The second kappa shape index (κ2) is 8.88. The van der Waals surface area contributed by atoms with Gasteiger partial charge in [-0.15, -0.1) is 0 Å². The number of carbonyl (C=O) groups is 2. The van der Waals surface area contributed by atoms with Gasteiger partial charge in [0.25, 0.3) is 15.9 Å². The predicted molar refractivity (Wildman–Crippen MR) is 114 cm³/mol. The van der Waals surface area contributed by atoms with Crippen molar-refractivity contribution in [2.24, 2.45) is 0 Å². The smallest absolute Gasteiger partial charge is 0.262 e. The summed E-state index contributed by atoms with van der Waals surface area (Å²) in [5.41, 5.74) is 0.941. The van der Waals surface area contributed by atoms with E-state index in [1.807, 2.05) is 0 Å². The molecule has 31 heavy (non-hydrogen) atoms. The van der Waals surface area contributed by atoms with Gasteiger partial charge in [-0.05, 0) is 54.4 Å². The first-order valence-corrected chi connectivity index (χ1v) is 10.6. The van der Waals surface area contributed by atoms with E-state index in [4.69, 9.17) is 4.74 Å². The largest absolute Gasteiger partial charge is 0.545 e. The highest BCUT2D eigenvalue weighted by Crippen LogP contribution is 2.27. The maximum atomic E-state index is 13.0. The molecule has 0 aromatic heterocycles. The van der Waals surface area contributed by atoms with Crippen molar-refractivity contribution in [2.45, 2.75) is 11.8 Å². The number of nitrogens with one attached hydrogen (secondary N) is 2. The van der Waals surface area contributed by atoms with Gasteiger partial charge in [-0.25, -0.2) is 8.42 Å².